The summed E-state index contributed by atoms with van der Waals surface area (Å²) >= 11 is 3.02. The number of anilines is 1. The van der Waals surface area contributed by atoms with E-state index in [1.54, 1.807) is 11.3 Å². The van der Waals surface area contributed by atoms with Gasteiger partial charge in [-0.05, 0) is 33.1 Å². The lowest BCUT2D eigenvalue weighted by Crippen LogP contribution is -2.11. The molecular formula is C12H13N3OS2. The number of nitrogens with one attached hydrogen (secondary N) is 1. The molecule has 1 aliphatic rings. The number of hydrogen-bond donors (Lipinski definition) is 1. The first-order valence-corrected chi connectivity index (χ1v) is 7.51. The second kappa shape index (κ2) is 4.44. The van der Waals surface area contributed by atoms with Crippen molar-refractivity contribution in [1.82, 2.24) is 9.97 Å². The highest BCUT2D eigenvalue weighted by Crippen LogP contribution is 2.31. The van der Waals surface area contributed by atoms with E-state index in [0.717, 1.165) is 34.4 Å². The molecule has 0 radical (unpaired) electrons. The number of aryl methyl sites for hydroxylation is 4. The molecule has 0 aliphatic heterocycles. The van der Waals surface area contributed by atoms with Crippen molar-refractivity contribution < 1.29 is 4.79 Å². The Morgan fingerprint density at radius 1 is 1.22 bits per heavy atom. The third-order valence-corrected chi connectivity index (χ3v) is 5.07. The lowest BCUT2D eigenvalue weighted by molar-refractivity contribution is 0.103. The van der Waals surface area contributed by atoms with Crippen molar-refractivity contribution in [2.75, 3.05) is 5.32 Å². The van der Waals surface area contributed by atoms with E-state index in [4.69, 9.17) is 0 Å². The van der Waals surface area contributed by atoms with Crippen LogP contribution in [0.4, 0.5) is 5.13 Å². The molecule has 2 heterocycles. The maximum absolute atomic E-state index is 12.1. The van der Waals surface area contributed by atoms with Crippen LogP contribution in [0, 0.1) is 13.8 Å². The Labute approximate surface area is 113 Å². The smallest absolute Gasteiger partial charge is 0.269 e. The third-order valence-electron chi connectivity index (χ3n) is 2.93. The van der Waals surface area contributed by atoms with Crippen LogP contribution >= 0.6 is 22.7 Å². The minimum atomic E-state index is -0.0921. The lowest BCUT2D eigenvalue weighted by atomic mass is 10.4. The molecule has 0 saturated carbocycles. The van der Waals surface area contributed by atoms with E-state index in [-0.39, 0.29) is 5.91 Å². The highest BCUT2D eigenvalue weighted by Gasteiger charge is 2.19. The summed E-state index contributed by atoms with van der Waals surface area (Å²) in [6.07, 6.45) is 3.33. The van der Waals surface area contributed by atoms with Gasteiger partial charge in [-0.1, -0.05) is 0 Å². The fourth-order valence-corrected chi connectivity index (χ4v) is 4.00. The van der Waals surface area contributed by atoms with Gasteiger partial charge in [0.2, 0.25) is 0 Å². The van der Waals surface area contributed by atoms with Crippen LogP contribution < -0.4 is 5.32 Å². The van der Waals surface area contributed by atoms with Gasteiger partial charge in [-0.3, -0.25) is 10.1 Å². The van der Waals surface area contributed by atoms with E-state index in [2.05, 4.69) is 15.3 Å². The predicted octanol–water partition coefficient (Wildman–Crippen LogP) is 2.96. The normalized spacial score (nSPS) is 13.7. The van der Waals surface area contributed by atoms with E-state index in [0.29, 0.717) is 4.88 Å². The van der Waals surface area contributed by atoms with Crippen molar-refractivity contribution in [2.24, 2.45) is 0 Å². The van der Waals surface area contributed by atoms with Gasteiger partial charge in [0, 0.05) is 4.88 Å². The van der Waals surface area contributed by atoms with Crippen LogP contribution in [0.2, 0.25) is 0 Å². The average Bonchev–Trinajstić information content (AvgIpc) is 2.92. The van der Waals surface area contributed by atoms with Crippen LogP contribution in [0.3, 0.4) is 0 Å². The van der Waals surface area contributed by atoms with Gasteiger partial charge in [-0.15, -0.1) is 22.7 Å². The number of carbonyl (C=O) groups excluding carboxylic acids is 1. The van der Waals surface area contributed by atoms with Crippen LogP contribution in [-0.2, 0) is 12.8 Å². The topological polar surface area (TPSA) is 54.9 Å². The number of nitrogens with zero attached hydrogens (tertiary/aromatic N) is 2. The van der Waals surface area contributed by atoms with Crippen LogP contribution in [0.1, 0.15) is 37.4 Å². The average molecular weight is 279 g/mol. The van der Waals surface area contributed by atoms with Crippen LogP contribution in [0.5, 0.6) is 0 Å². The van der Waals surface area contributed by atoms with Crippen molar-refractivity contribution in [1.29, 1.82) is 0 Å². The summed E-state index contributed by atoms with van der Waals surface area (Å²) in [6, 6.07) is 0. The fraction of sp³-hybridized carbons (Fsp3) is 0.417. The highest BCUT2D eigenvalue weighted by molar-refractivity contribution is 7.16. The Kier molecular flexibility index (Phi) is 2.91. The Morgan fingerprint density at radius 3 is 2.72 bits per heavy atom. The summed E-state index contributed by atoms with van der Waals surface area (Å²) in [7, 11) is 0. The van der Waals surface area contributed by atoms with E-state index in [1.807, 2.05) is 13.8 Å². The number of aromatic nitrogens is 2. The van der Waals surface area contributed by atoms with Crippen LogP contribution in [-0.4, -0.2) is 15.9 Å². The predicted molar refractivity (Wildman–Crippen MR) is 73.7 cm³/mol. The summed E-state index contributed by atoms with van der Waals surface area (Å²) in [5, 5.41) is 4.51. The Bertz CT molecular complexity index is 593. The zero-order valence-electron chi connectivity index (χ0n) is 10.2. The fourth-order valence-electron chi connectivity index (χ4n) is 2.14. The number of carbonyl (C=O) groups is 1. The molecule has 6 heteroatoms. The first kappa shape index (κ1) is 11.8. The van der Waals surface area contributed by atoms with E-state index < -0.39 is 0 Å². The van der Waals surface area contributed by atoms with Gasteiger partial charge >= 0.3 is 0 Å². The van der Waals surface area contributed by atoms with Gasteiger partial charge in [0.1, 0.15) is 4.88 Å². The minimum absolute atomic E-state index is 0.0921. The number of rotatable bonds is 2. The van der Waals surface area contributed by atoms with Crippen molar-refractivity contribution in [3.63, 3.8) is 0 Å². The molecule has 3 rings (SSSR count). The third kappa shape index (κ3) is 2.06. The van der Waals surface area contributed by atoms with E-state index in [1.165, 1.54) is 22.6 Å². The van der Waals surface area contributed by atoms with Crippen LogP contribution in [0.15, 0.2) is 0 Å². The Hall–Kier alpha value is -1.27. The quantitative estimate of drug-likeness (QED) is 0.919. The maximum Gasteiger partial charge on any atom is 0.269 e. The number of fused-ring (bicyclic) bond motifs is 1. The molecule has 18 heavy (non-hydrogen) atoms. The second-order valence-corrected chi connectivity index (χ2v) is 6.63. The monoisotopic (exact) mass is 279 g/mol. The maximum atomic E-state index is 12.1. The molecule has 2 aromatic rings. The molecule has 0 spiro atoms. The molecule has 0 unspecified atom stereocenters. The SMILES string of the molecule is Cc1nc(C)c(C(=O)Nc2nc3c(s2)CCC3)s1. The summed E-state index contributed by atoms with van der Waals surface area (Å²) in [4.78, 5) is 22.8. The van der Waals surface area contributed by atoms with Crippen LogP contribution in [0.25, 0.3) is 0 Å². The molecule has 1 aliphatic carbocycles. The molecule has 2 aromatic heterocycles. The van der Waals surface area contributed by atoms with Crippen molar-refractivity contribution in [3.8, 4) is 0 Å². The number of thiazole rings is 2. The standard InChI is InChI=1S/C12H13N3OS2/c1-6-10(17-7(2)13-6)11(16)15-12-14-8-4-3-5-9(8)18-12/h3-5H2,1-2H3,(H,14,15,16). The van der Waals surface area contributed by atoms with Crippen molar-refractivity contribution in [2.45, 2.75) is 33.1 Å². The van der Waals surface area contributed by atoms with E-state index in [9.17, 15) is 4.79 Å². The summed E-state index contributed by atoms with van der Waals surface area (Å²) < 4.78 is 0. The molecule has 1 amide bonds. The molecule has 0 aromatic carbocycles. The van der Waals surface area contributed by atoms with Gasteiger partial charge in [0.05, 0.1) is 16.4 Å². The summed E-state index contributed by atoms with van der Waals surface area (Å²) in [5.41, 5.74) is 1.95. The van der Waals surface area contributed by atoms with Gasteiger partial charge in [-0.2, -0.15) is 0 Å². The summed E-state index contributed by atoms with van der Waals surface area (Å²) in [5.74, 6) is -0.0921. The molecular weight excluding hydrogens is 266 g/mol. The Morgan fingerprint density at radius 2 is 2.06 bits per heavy atom. The molecule has 94 valence electrons. The van der Waals surface area contributed by atoms with Gasteiger partial charge in [-0.25, -0.2) is 9.97 Å². The Balaban J connectivity index is 1.79. The lowest BCUT2D eigenvalue weighted by Gasteiger charge is -1.99. The first-order chi connectivity index (χ1) is 8.63. The number of hydrogen-bond acceptors (Lipinski definition) is 5. The summed E-state index contributed by atoms with van der Waals surface area (Å²) in [6.45, 7) is 3.77. The zero-order valence-corrected chi connectivity index (χ0v) is 11.9. The molecule has 0 bridgehead atoms. The van der Waals surface area contributed by atoms with Crippen molar-refractivity contribution >= 4 is 33.7 Å². The molecule has 0 fully saturated rings. The largest absolute Gasteiger partial charge is 0.297 e. The first-order valence-electron chi connectivity index (χ1n) is 5.87. The zero-order chi connectivity index (χ0) is 12.7. The highest BCUT2D eigenvalue weighted by atomic mass is 32.1. The van der Waals surface area contributed by atoms with Gasteiger partial charge < -0.3 is 0 Å². The number of amides is 1. The molecule has 0 atom stereocenters. The second-order valence-electron chi connectivity index (χ2n) is 4.34. The van der Waals surface area contributed by atoms with E-state index >= 15 is 0 Å². The van der Waals surface area contributed by atoms with Gasteiger partial charge in [0.25, 0.3) is 5.91 Å². The van der Waals surface area contributed by atoms with Gasteiger partial charge in [0.15, 0.2) is 5.13 Å². The van der Waals surface area contributed by atoms with Crippen molar-refractivity contribution in [3.05, 3.63) is 26.1 Å². The molecule has 1 N–H and O–H groups in total. The molecule has 0 saturated heterocycles. The minimum Gasteiger partial charge on any atom is -0.297 e. The molecule has 4 nitrogen and oxygen atoms in total.